The molecule has 0 heterocycles. The van der Waals surface area contributed by atoms with Gasteiger partial charge >= 0.3 is 24.4 Å². The molecule has 17 nitrogen and oxygen atoms in total. The number of carboxylic acid groups (broad SMARTS) is 1. The standard InChI is InChI=1S/C10H16O8.C8H12O9.CH4/c1-2-8(12)7-18-10(14)17-6-5-16-9(13)15-4-3-11;9-1-2-16-8(13)17-5-6(10)14-3-4-15-7(11)12;/h11H,2-7H2,1H3;9H,1-5H2,(H,11,12);1H4/p-1. The maximum Gasteiger partial charge on any atom is 0.508 e. The SMILES string of the molecule is C.CCC(=O)COC(=O)OCCOC(=O)OCCO.O=C([O-])OCCOC(=O)COC(=O)OCCO. The van der Waals surface area contributed by atoms with E-state index in [1.54, 1.807) is 6.92 Å². The molecule has 0 spiro atoms. The maximum absolute atomic E-state index is 10.9. The molecule has 0 rings (SSSR count). The summed E-state index contributed by atoms with van der Waals surface area (Å²) in [5.74, 6) is -1.12. The summed E-state index contributed by atoms with van der Waals surface area (Å²) in [4.78, 5) is 63.7. The molecule has 0 aromatic heterocycles. The lowest BCUT2D eigenvalue weighted by atomic mass is 10.3. The second-order valence-corrected chi connectivity index (χ2v) is 5.38. The van der Waals surface area contributed by atoms with Gasteiger partial charge in [-0.05, 0) is 0 Å². The van der Waals surface area contributed by atoms with Crippen LogP contribution in [0.2, 0.25) is 0 Å². The normalized spacial score (nSPS) is 9.08. The van der Waals surface area contributed by atoms with Gasteiger partial charge in [0, 0.05) is 6.42 Å². The van der Waals surface area contributed by atoms with E-state index < -0.39 is 37.2 Å². The average molecular weight is 531 g/mol. The van der Waals surface area contributed by atoms with Crippen molar-refractivity contribution in [3.63, 3.8) is 0 Å². The van der Waals surface area contributed by atoms with Crippen LogP contribution in [-0.2, 0) is 47.5 Å². The van der Waals surface area contributed by atoms with Crippen molar-refractivity contribution in [1.29, 1.82) is 0 Å². The van der Waals surface area contributed by atoms with Crippen LogP contribution in [0.15, 0.2) is 0 Å². The molecule has 0 radical (unpaired) electrons. The van der Waals surface area contributed by atoms with Crippen LogP contribution in [0.3, 0.4) is 0 Å². The van der Waals surface area contributed by atoms with E-state index in [0.717, 1.165) is 0 Å². The number of ketones is 1. The monoisotopic (exact) mass is 531 g/mol. The lowest BCUT2D eigenvalue weighted by Gasteiger charge is -2.08. The second-order valence-electron chi connectivity index (χ2n) is 5.38. The third-order valence-corrected chi connectivity index (χ3v) is 2.77. The molecule has 0 saturated carbocycles. The molecule has 0 atom stereocenters. The molecular formula is C19H31O17-. The molecule has 0 fully saturated rings. The highest BCUT2D eigenvalue weighted by atomic mass is 16.8. The third-order valence-electron chi connectivity index (χ3n) is 2.77. The number of rotatable bonds is 15. The number of carbonyl (C=O) groups excluding carboxylic acids is 6. The van der Waals surface area contributed by atoms with Crippen molar-refractivity contribution >= 4 is 36.4 Å². The first-order valence-electron chi connectivity index (χ1n) is 9.77. The van der Waals surface area contributed by atoms with Crippen LogP contribution in [0, 0.1) is 0 Å². The maximum atomic E-state index is 10.9. The number of carbonyl (C=O) groups is 6. The van der Waals surface area contributed by atoms with Crippen LogP contribution in [0.4, 0.5) is 19.2 Å². The highest BCUT2D eigenvalue weighted by molar-refractivity contribution is 5.80. The summed E-state index contributed by atoms with van der Waals surface area (Å²) in [6.07, 6.45) is -4.56. The summed E-state index contributed by atoms with van der Waals surface area (Å²) in [7, 11) is 0. The Morgan fingerprint density at radius 1 is 0.583 bits per heavy atom. The average Bonchev–Trinajstić information content (AvgIpc) is 2.84. The summed E-state index contributed by atoms with van der Waals surface area (Å²) in [5, 5.41) is 26.4. The largest absolute Gasteiger partial charge is 0.546 e. The Labute approximate surface area is 206 Å². The van der Waals surface area contributed by atoms with Crippen LogP contribution < -0.4 is 5.11 Å². The Balaban J connectivity index is -0.000000590. The predicted molar refractivity (Wildman–Crippen MR) is 110 cm³/mol. The molecule has 0 unspecified atom stereocenters. The molecule has 0 amide bonds. The van der Waals surface area contributed by atoms with Crippen molar-refractivity contribution in [1.82, 2.24) is 0 Å². The molecule has 0 saturated heterocycles. The predicted octanol–water partition coefficient (Wildman–Crippen LogP) is -1.06. The Morgan fingerprint density at radius 3 is 1.42 bits per heavy atom. The van der Waals surface area contributed by atoms with Crippen LogP contribution in [0.25, 0.3) is 0 Å². The van der Waals surface area contributed by atoms with Crippen LogP contribution in [0.1, 0.15) is 20.8 Å². The van der Waals surface area contributed by atoms with E-state index in [1.165, 1.54) is 0 Å². The van der Waals surface area contributed by atoms with Gasteiger partial charge in [-0.1, -0.05) is 14.4 Å². The van der Waals surface area contributed by atoms with Gasteiger partial charge in [0.05, 0.1) is 19.8 Å². The van der Waals surface area contributed by atoms with E-state index in [9.17, 15) is 33.9 Å². The molecule has 0 aliphatic heterocycles. The van der Waals surface area contributed by atoms with Gasteiger partial charge in [0.25, 0.3) is 6.16 Å². The van der Waals surface area contributed by atoms with Crippen LogP contribution >= 0.6 is 0 Å². The van der Waals surface area contributed by atoms with E-state index >= 15 is 0 Å². The van der Waals surface area contributed by atoms with Crippen molar-refractivity contribution in [2.75, 3.05) is 66.1 Å². The minimum absolute atomic E-state index is 0. The zero-order valence-corrected chi connectivity index (χ0v) is 18.8. The molecule has 0 aliphatic rings. The summed E-state index contributed by atoms with van der Waals surface area (Å²) in [6, 6.07) is 0. The third kappa shape index (κ3) is 28.2. The van der Waals surface area contributed by atoms with E-state index in [2.05, 4.69) is 37.9 Å². The van der Waals surface area contributed by atoms with Gasteiger partial charge in [-0.2, -0.15) is 0 Å². The van der Waals surface area contributed by atoms with Gasteiger partial charge in [0.15, 0.2) is 19.0 Å². The van der Waals surface area contributed by atoms with Gasteiger partial charge in [0.1, 0.15) is 33.0 Å². The molecule has 2 N–H and O–H groups in total. The Bertz CT molecular complexity index is 648. The van der Waals surface area contributed by atoms with E-state index in [0.29, 0.717) is 0 Å². The smallest absolute Gasteiger partial charge is 0.508 e. The Kier molecular flexibility index (Phi) is 26.3. The van der Waals surface area contributed by atoms with Gasteiger partial charge in [-0.3, -0.25) is 4.79 Å². The Hall–Kier alpha value is -3.86. The van der Waals surface area contributed by atoms with Crippen molar-refractivity contribution < 1.29 is 82.0 Å². The number of esters is 1. The van der Waals surface area contributed by atoms with Crippen molar-refractivity contribution in [3.05, 3.63) is 0 Å². The fourth-order valence-corrected chi connectivity index (χ4v) is 1.31. The molecule has 36 heavy (non-hydrogen) atoms. The zero-order chi connectivity index (χ0) is 26.9. The van der Waals surface area contributed by atoms with E-state index in [4.69, 9.17) is 10.2 Å². The van der Waals surface area contributed by atoms with Gasteiger partial charge in [-0.15, -0.1) is 0 Å². The highest BCUT2D eigenvalue weighted by Gasteiger charge is 2.09. The van der Waals surface area contributed by atoms with Gasteiger partial charge in [0.2, 0.25) is 0 Å². The molecule has 0 aliphatic carbocycles. The number of aliphatic hydroxyl groups is 2. The van der Waals surface area contributed by atoms with Crippen LogP contribution in [-0.4, -0.2) is 113 Å². The minimum atomic E-state index is -1.73. The second kappa shape index (κ2) is 25.8. The summed E-state index contributed by atoms with van der Waals surface area (Å²) < 4.78 is 34.7. The lowest BCUT2D eigenvalue weighted by molar-refractivity contribution is -0.283. The number of Topliss-reactive ketones (excluding diaryl/α,β-unsaturated/α-hetero) is 1. The number of aliphatic hydroxyl groups excluding tert-OH is 2. The molecule has 0 bridgehead atoms. The minimum Gasteiger partial charge on any atom is -0.546 e. The number of hydrogen-bond donors (Lipinski definition) is 2. The molecule has 0 aromatic carbocycles. The van der Waals surface area contributed by atoms with Crippen molar-refractivity contribution in [2.45, 2.75) is 20.8 Å². The summed E-state index contributed by atoms with van der Waals surface area (Å²) >= 11 is 0. The first-order valence-corrected chi connectivity index (χ1v) is 9.77. The summed E-state index contributed by atoms with van der Waals surface area (Å²) in [5.41, 5.74) is 0. The zero-order valence-electron chi connectivity index (χ0n) is 18.8. The number of hydrogen-bond acceptors (Lipinski definition) is 17. The molecule has 17 heteroatoms. The van der Waals surface area contributed by atoms with Crippen molar-refractivity contribution in [3.8, 4) is 0 Å². The topological polar surface area (TPSA) is 240 Å². The highest BCUT2D eigenvalue weighted by Crippen LogP contribution is 1.91. The molecule has 210 valence electrons. The quantitative estimate of drug-likeness (QED) is 0.145. The van der Waals surface area contributed by atoms with Gasteiger partial charge in [-0.25, -0.2) is 19.2 Å². The first kappa shape index (κ1) is 36.7. The van der Waals surface area contributed by atoms with E-state index in [1.807, 2.05) is 0 Å². The van der Waals surface area contributed by atoms with E-state index in [-0.39, 0.29) is 79.1 Å². The fraction of sp³-hybridized carbons (Fsp3) is 0.684. The molecule has 0 aromatic rings. The van der Waals surface area contributed by atoms with Gasteiger partial charge < -0.3 is 58.0 Å². The fourth-order valence-electron chi connectivity index (χ4n) is 1.31. The number of ether oxygens (including phenoxy) is 8. The van der Waals surface area contributed by atoms with Crippen molar-refractivity contribution in [2.24, 2.45) is 0 Å². The first-order chi connectivity index (χ1) is 16.7. The molecular weight excluding hydrogens is 500 g/mol. The summed E-state index contributed by atoms with van der Waals surface area (Å²) in [6.45, 7) is -1.57. The Morgan fingerprint density at radius 2 is 0.972 bits per heavy atom. The van der Waals surface area contributed by atoms with Crippen LogP contribution in [0.5, 0.6) is 0 Å². The lowest BCUT2D eigenvalue weighted by Crippen LogP contribution is -2.26.